The van der Waals surface area contributed by atoms with Crippen LogP contribution in [0.2, 0.25) is 0 Å². The number of thioether (sulfide) groups is 1. The van der Waals surface area contributed by atoms with Crippen LogP contribution in [0.3, 0.4) is 0 Å². The smallest absolute Gasteiger partial charge is 0.236 e. The molecule has 0 aliphatic heterocycles. The molecule has 0 fully saturated rings. The van der Waals surface area contributed by atoms with Gasteiger partial charge in [-0.05, 0) is 38.1 Å². The number of carbonyl (C=O) groups excluding carboxylic acids is 1. The summed E-state index contributed by atoms with van der Waals surface area (Å²) >= 11 is 4.17. The van der Waals surface area contributed by atoms with Crippen LogP contribution in [0.15, 0.2) is 34.7 Å². The number of hydrogen-bond donors (Lipinski definition) is 1. The Morgan fingerprint density at radius 3 is 2.68 bits per heavy atom. The number of aromatic nitrogens is 4. The highest BCUT2D eigenvalue weighted by atomic mass is 32.2. The molecule has 142 valence electrons. The van der Waals surface area contributed by atoms with Crippen molar-refractivity contribution < 1.29 is 9.18 Å². The van der Waals surface area contributed by atoms with Crippen LogP contribution in [0.4, 0.5) is 9.52 Å². The van der Waals surface area contributed by atoms with Gasteiger partial charge in [0.2, 0.25) is 5.91 Å². The van der Waals surface area contributed by atoms with E-state index in [-0.39, 0.29) is 17.5 Å². The van der Waals surface area contributed by atoms with Gasteiger partial charge in [-0.15, -0.1) is 32.9 Å². The monoisotopic (exact) mass is 431 g/mol. The SMILES string of the molecule is Cc1csc(NC(=O)CSc2nnc(-c3ccc(F)cc3)c3sc(C)nc23)n1. The molecule has 0 saturated carbocycles. The quantitative estimate of drug-likeness (QED) is 0.462. The van der Waals surface area contributed by atoms with Gasteiger partial charge in [0.25, 0.3) is 0 Å². The first-order chi connectivity index (χ1) is 13.5. The highest BCUT2D eigenvalue weighted by Gasteiger charge is 2.17. The zero-order valence-corrected chi connectivity index (χ0v) is 17.3. The molecule has 3 heterocycles. The number of rotatable bonds is 5. The van der Waals surface area contributed by atoms with Crippen molar-refractivity contribution in [3.8, 4) is 11.3 Å². The number of thiazole rings is 2. The summed E-state index contributed by atoms with van der Waals surface area (Å²) in [5.41, 5.74) is 3.01. The molecule has 1 N–H and O–H groups in total. The molecule has 1 amide bonds. The van der Waals surface area contributed by atoms with E-state index in [1.807, 2.05) is 19.2 Å². The van der Waals surface area contributed by atoms with E-state index in [1.54, 1.807) is 12.1 Å². The van der Waals surface area contributed by atoms with Crippen molar-refractivity contribution in [2.45, 2.75) is 18.9 Å². The molecule has 0 atom stereocenters. The number of halogens is 1. The van der Waals surface area contributed by atoms with Crippen LogP contribution in [0.25, 0.3) is 21.5 Å². The van der Waals surface area contributed by atoms with E-state index >= 15 is 0 Å². The number of nitrogens with zero attached hydrogens (tertiary/aromatic N) is 4. The van der Waals surface area contributed by atoms with Crippen molar-refractivity contribution in [1.82, 2.24) is 20.2 Å². The summed E-state index contributed by atoms with van der Waals surface area (Å²) < 4.78 is 14.1. The van der Waals surface area contributed by atoms with E-state index in [4.69, 9.17) is 0 Å². The topological polar surface area (TPSA) is 80.7 Å². The summed E-state index contributed by atoms with van der Waals surface area (Å²) in [7, 11) is 0. The molecule has 0 aliphatic rings. The third kappa shape index (κ3) is 4.03. The third-order valence-corrected chi connectivity index (χ3v) is 6.52. The van der Waals surface area contributed by atoms with Crippen LogP contribution in [-0.2, 0) is 4.79 Å². The number of hydrogen-bond acceptors (Lipinski definition) is 8. The van der Waals surface area contributed by atoms with Gasteiger partial charge in [0.1, 0.15) is 22.1 Å². The number of anilines is 1. The number of nitrogens with one attached hydrogen (secondary N) is 1. The number of aryl methyl sites for hydroxylation is 2. The van der Waals surface area contributed by atoms with Gasteiger partial charge in [-0.2, -0.15) is 0 Å². The zero-order chi connectivity index (χ0) is 19.7. The van der Waals surface area contributed by atoms with Crippen LogP contribution >= 0.6 is 34.4 Å². The van der Waals surface area contributed by atoms with Gasteiger partial charge in [-0.25, -0.2) is 14.4 Å². The summed E-state index contributed by atoms with van der Waals surface area (Å²) in [5, 5.41) is 15.3. The summed E-state index contributed by atoms with van der Waals surface area (Å²) in [6, 6.07) is 6.13. The second-order valence-electron chi connectivity index (χ2n) is 5.90. The molecular weight excluding hydrogens is 417 g/mol. The summed E-state index contributed by atoms with van der Waals surface area (Å²) in [4.78, 5) is 21.0. The second kappa shape index (κ2) is 7.90. The first-order valence-corrected chi connectivity index (χ1v) is 10.9. The normalized spacial score (nSPS) is 11.1. The molecule has 4 rings (SSSR count). The molecule has 0 unspecified atom stereocenters. The highest BCUT2D eigenvalue weighted by Crippen LogP contribution is 2.35. The van der Waals surface area contributed by atoms with Gasteiger partial charge in [-0.1, -0.05) is 11.8 Å². The Bertz CT molecular complexity index is 1160. The van der Waals surface area contributed by atoms with Crippen molar-refractivity contribution in [3.05, 3.63) is 46.2 Å². The Balaban J connectivity index is 1.57. The van der Waals surface area contributed by atoms with Crippen molar-refractivity contribution in [1.29, 1.82) is 0 Å². The van der Waals surface area contributed by atoms with Gasteiger partial charge in [0, 0.05) is 10.9 Å². The van der Waals surface area contributed by atoms with E-state index in [1.165, 1.54) is 46.6 Å². The average molecular weight is 432 g/mol. The van der Waals surface area contributed by atoms with Crippen LogP contribution in [0.5, 0.6) is 0 Å². The molecule has 0 spiro atoms. The summed E-state index contributed by atoms with van der Waals surface area (Å²) in [5.74, 6) is -0.291. The van der Waals surface area contributed by atoms with Crippen LogP contribution in [0.1, 0.15) is 10.7 Å². The molecule has 1 aromatic carbocycles. The lowest BCUT2D eigenvalue weighted by Crippen LogP contribution is -2.14. The van der Waals surface area contributed by atoms with Gasteiger partial charge in [-0.3, -0.25) is 4.79 Å². The van der Waals surface area contributed by atoms with Gasteiger partial charge in [0.15, 0.2) is 5.13 Å². The average Bonchev–Trinajstić information content (AvgIpc) is 3.25. The largest absolute Gasteiger partial charge is 0.301 e. The van der Waals surface area contributed by atoms with Crippen molar-refractivity contribution in [2.24, 2.45) is 0 Å². The summed E-state index contributed by atoms with van der Waals surface area (Å²) in [6.07, 6.45) is 0. The van der Waals surface area contributed by atoms with Crippen molar-refractivity contribution >= 4 is 55.7 Å². The minimum atomic E-state index is -0.304. The van der Waals surface area contributed by atoms with Gasteiger partial charge < -0.3 is 5.32 Å². The number of fused-ring (bicyclic) bond motifs is 1. The second-order valence-corrected chi connectivity index (χ2v) is 8.93. The van der Waals surface area contributed by atoms with E-state index in [2.05, 4.69) is 25.5 Å². The lowest BCUT2D eigenvalue weighted by molar-refractivity contribution is -0.113. The Kier molecular flexibility index (Phi) is 5.33. The van der Waals surface area contributed by atoms with E-state index in [0.717, 1.165) is 21.0 Å². The molecule has 0 saturated heterocycles. The lowest BCUT2D eigenvalue weighted by Gasteiger charge is -2.05. The highest BCUT2D eigenvalue weighted by molar-refractivity contribution is 8.00. The number of amides is 1. The Morgan fingerprint density at radius 1 is 1.18 bits per heavy atom. The lowest BCUT2D eigenvalue weighted by atomic mass is 10.1. The minimum Gasteiger partial charge on any atom is -0.301 e. The van der Waals surface area contributed by atoms with E-state index in [0.29, 0.717) is 21.4 Å². The van der Waals surface area contributed by atoms with E-state index < -0.39 is 0 Å². The number of carbonyl (C=O) groups is 1. The molecule has 28 heavy (non-hydrogen) atoms. The maximum absolute atomic E-state index is 13.2. The molecule has 3 aromatic heterocycles. The Morgan fingerprint density at radius 2 is 1.96 bits per heavy atom. The van der Waals surface area contributed by atoms with Gasteiger partial charge >= 0.3 is 0 Å². The fraction of sp³-hybridized carbons (Fsp3) is 0.167. The molecular formula is C18H14FN5OS3. The molecule has 0 radical (unpaired) electrons. The van der Waals surface area contributed by atoms with Crippen LogP contribution < -0.4 is 5.32 Å². The predicted molar refractivity (Wildman–Crippen MR) is 112 cm³/mol. The third-order valence-electron chi connectivity index (χ3n) is 3.72. The zero-order valence-electron chi connectivity index (χ0n) is 14.9. The maximum atomic E-state index is 13.2. The molecule has 6 nitrogen and oxygen atoms in total. The standard InChI is InChI=1S/C18H14FN5OS3/c1-9-7-27-18(20-9)22-13(25)8-26-17-15-16(28-10(2)21-15)14(23-24-17)11-3-5-12(19)6-4-11/h3-7H,8H2,1-2H3,(H,20,22,25). The first kappa shape index (κ1) is 18.9. The van der Waals surface area contributed by atoms with E-state index in [9.17, 15) is 9.18 Å². The fourth-order valence-electron chi connectivity index (χ4n) is 2.52. The fourth-order valence-corrected chi connectivity index (χ4v) is 4.93. The molecule has 10 heteroatoms. The minimum absolute atomic E-state index is 0.163. The van der Waals surface area contributed by atoms with Crippen molar-refractivity contribution in [3.63, 3.8) is 0 Å². The molecule has 0 bridgehead atoms. The Labute approximate surface area is 172 Å². The van der Waals surface area contributed by atoms with Crippen LogP contribution in [-0.4, -0.2) is 31.8 Å². The molecule has 0 aliphatic carbocycles. The predicted octanol–water partition coefficient (Wildman–Crippen LogP) is 4.70. The first-order valence-electron chi connectivity index (χ1n) is 8.24. The maximum Gasteiger partial charge on any atom is 0.236 e. The molecule has 4 aromatic rings. The number of benzene rings is 1. The summed E-state index contributed by atoms with van der Waals surface area (Å²) in [6.45, 7) is 3.78. The van der Waals surface area contributed by atoms with Crippen LogP contribution in [0, 0.1) is 19.7 Å². The van der Waals surface area contributed by atoms with Crippen molar-refractivity contribution in [2.75, 3.05) is 11.1 Å². The van der Waals surface area contributed by atoms with Gasteiger partial charge in [0.05, 0.1) is 21.2 Å². The Hall–Kier alpha value is -2.43.